The number of benzene rings is 1. The smallest absolute Gasteiger partial charge is 0.328 e. The van der Waals surface area contributed by atoms with Gasteiger partial charge in [0.15, 0.2) is 11.5 Å². The molecule has 1 aromatic carbocycles. The number of carboxylic acids is 2. The Kier molecular flexibility index (Phi) is 8.97. The molecule has 2 aliphatic rings. The molecule has 0 saturated carbocycles. The van der Waals surface area contributed by atoms with Gasteiger partial charge in [-0.25, -0.2) is 14.6 Å². The van der Waals surface area contributed by atoms with E-state index >= 15 is 0 Å². The highest BCUT2D eigenvalue weighted by molar-refractivity contribution is 5.89. The highest BCUT2D eigenvalue weighted by Crippen LogP contribution is 2.49. The molecule has 0 radical (unpaired) electrons. The molecular weight excluding hydrogens is 530 g/mol. The van der Waals surface area contributed by atoms with Gasteiger partial charge in [-0.2, -0.15) is 0 Å². The number of aryl methyl sites for hydroxylation is 2. The number of aromatic nitrogens is 2. The second-order valence-electron chi connectivity index (χ2n) is 10.3. The van der Waals surface area contributed by atoms with Gasteiger partial charge in [0, 0.05) is 72.2 Å². The minimum Gasteiger partial charge on any atom is -0.496 e. The first-order chi connectivity index (χ1) is 19.5. The van der Waals surface area contributed by atoms with E-state index in [1.165, 1.54) is 0 Å². The molecule has 0 aliphatic carbocycles. The molecule has 1 fully saturated rings. The van der Waals surface area contributed by atoms with Gasteiger partial charge in [-0.3, -0.25) is 9.20 Å². The van der Waals surface area contributed by atoms with Crippen molar-refractivity contribution in [2.24, 2.45) is 5.92 Å². The number of pyridine rings is 1. The maximum absolute atomic E-state index is 13.2. The first kappa shape index (κ1) is 29.6. The summed E-state index contributed by atoms with van der Waals surface area (Å²) in [6, 6.07) is 6.00. The fourth-order valence-electron chi connectivity index (χ4n) is 5.56. The van der Waals surface area contributed by atoms with Gasteiger partial charge in [0.25, 0.3) is 5.56 Å². The molecule has 2 N–H and O–H groups in total. The number of hydrogen-bond acceptors (Lipinski definition) is 8. The molecule has 0 unspecified atom stereocenters. The normalized spacial score (nSPS) is 17.8. The van der Waals surface area contributed by atoms with Gasteiger partial charge < -0.3 is 29.3 Å². The van der Waals surface area contributed by atoms with Crippen molar-refractivity contribution in [2.75, 3.05) is 40.5 Å². The van der Waals surface area contributed by atoms with E-state index in [1.54, 1.807) is 18.6 Å². The molecule has 4 heterocycles. The molecule has 0 bridgehead atoms. The van der Waals surface area contributed by atoms with Crippen molar-refractivity contribution in [3.63, 3.8) is 0 Å². The number of nitrogens with zero attached hydrogens (tertiary/aromatic N) is 3. The maximum atomic E-state index is 13.2. The Hall–Kier alpha value is -4.38. The third kappa shape index (κ3) is 6.35. The number of likely N-dealkylation sites (tertiary alicyclic amines) is 1. The third-order valence-corrected chi connectivity index (χ3v) is 7.56. The highest BCUT2D eigenvalue weighted by Gasteiger charge is 2.40. The molecule has 11 heteroatoms. The highest BCUT2D eigenvalue weighted by atomic mass is 16.5. The number of rotatable bonds is 7. The zero-order valence-corrected chi connectivity index (χ0v) is 23.8. The van der Waals surface area contributed by atoms with Crippen LogP contribution in [0.5, 0.6) is 17.2 Å². The number of aliphatic carboxylic acids is 2. The van der Waals surface area contributed by atoms with Gasteiger partial charge >= 0.3 is 11.9 Å². The summed E-state index contributed by atoms with van der Waals surface area (Å²) in [7, 11) is 3.37. The van der Waals surface area contributed by atoms with Crippen LogP contribution in [0, 0.1) is 26.7 Å². The lowest BCUT2D eigenvalue weighted by Gasteiger charge is -2.30. The van der Waals surface area contributed by atoms with Gasteiger partial charge in [0.05, 0.1) is 20.8 Å². The minimum absolute atomic E-state index is 0.0384. The monoisotopic (exact) mass is 565 g/mol. The van der Waals surface area contributed by atoms with Gasteiger partial charge in [0.1, 0.15) is 11.4 Å². The van der Waals surface area contributed by atoms with Crippen molar-refractivity contribution in [2.45, 2.75) is 33.1 Å². The molecular formula is C30H35N3O8. The quantitative estimate of drug-likeness (QED) is 0.411. The van der Waals surface area contributed by atoms with Gasteiger partial charge in [-0.15, -0.1) is 0 Å². The number of methoxy groups -OCH3 is 2. The fourth-order valence-corrected chi connectivity index (χ4v) is 5.56. The minimum atomic E-state index is -1.26. The van der Waals surface area contributed by atoms with Crippen LogP contribution >= 0.6 is 0 Å². The van der Waals surface area contributed by atoms with Crippen LogP contribution in [0.1, 0.15) is 33.9 Å². The Morgan fingerprint density at radius 2 is 1.80 bits per heavy atom. The zero-order valence-electron chi connectivity index (χ0n) is 23.8. The molecule has 0 spiro atoms. The van der Waals surface area contributed by atoms with Crippen molar-refractivity contribution >= 4 is 17.6 Å². The van der Waals surface area contributed by atoms with Gasteiger partial charge in [-0.1, -0.05) is 6.07 Å². The van der Waals surface area contributed by atoms with E-state index in [-0.39, 0.29) is 5.56 Å². The van der Waals surface area contributed by atoms with Crippen molar-refractivity contribution in [3.05, 3.63) is 74.8 Å². The van der Waals surface area contributed by atoms with E-state index in [2.05, 4.69) is 16.0 Å². The van der Waals surface area contributed by atoms with E-state index < -0.39 is 11.9 Å². The number of carboxylic acid groups (broad SMARTS) is 2. The Labute approximate surface area is 237 Å². The summed E-state index contributed by atoms with van der Waals surface area (Å²) in [5.41, 5.74) is 5.52. The molecule has 1 saturated heterocycles. The molecule has 2 aliphatic heterocycles. The van der Waals surface area contributed by atoms with Crippen LogP contribution in [0.4, 0.5) is 0 Å². The van der Waals surface area contributed by atoms with E-state index in [4.69, 9.17) is 24.4 Å². The van der Waals surface area contributed by atoms with Crippen LogP contribution in [0.2, 0.25) is 0 Å². The van der Waals surface area contributed by atoms with Gasteiger partial charge in [0.2, 0.25) is 0 Å². The molecule has 0 amide bonds. The molecule has 2 aromatic heterocycles. The number of hydrogen-bond donors (Lipinski definition) is 2. The third-order valence-electron chi connectivity index (χ3n) is 7.56. The number of ether oxygens (including phenoxy) is 3. The predicted octanol–water partition coefficient (Wildman–Crippen LogP) is 3.00. The molecule has 11 nitrogen and oxygen atoms in total. The SMILES string of the molecule is COc1cc2c(c(OC)c1C)OC[C@@H]1CN(CCc3c(C)nc4ccc(C)cn4c3=O)C[C@H]21.O=C(O)/C=C/C(=O)O. The van der Waals surface area contributed by atoms with Crippen molar-refractivity contribution < 1.29 is 34.0 Å². The summed E-state index contributed by atoms with van der Waals surface area (Å²) in [6.45, 7) is 9.29. The Morgan fingerprint density at radius 3 is 2.44 bits per heavy atom. The van der Waals surface area contributed by atoms with Crippen LogP contribution in [-0.4, -0.2) is 76.9 Å². The first-order valence-corrected chi connectivity index (χ1v) is 13.3. The van der Waals surface area contributed by atoms with Crippen molar-refractivity contribution in [1.82, 2.24) is 14.3 Å². The summed E-state index contributed by atoms with van der Waals surface area (Å²) in [6.07, 6.45) is 3.67. The molecule has 41 heavy (non-hydrogen) atoms. The van der Waals surface area contributed by atoms with Crippen LogP contribution in [0.25, 0.3) is 5.65 Å². The Bertz CT molecular complexity index is 1550. The average molecular weight is 566 g/mol. The van der Waals surface area contributed by atoms with E-state index in [0.717, 1.165) is 64.8 Å². The molecule has 3 aromatic rings. The molecule has 5 rings (SSSR count). The van der Waals surface area contributed by atoms with Crippen molar-refractivity contribution in [3.8, 4) is 17.2 Å². The fraction of sp³-hybridized carbons (Fsp3) is 0.400. The maximum Gasteiger partial charge on any atom is 0.328 e. The Balaban J connectivity index is 0.000000426. The second-order valence-corrected chi connectivity index (χ2v) is 10.3. The standard InChI is InChI=1S/C26H31N3O4.C4H4O4/c1-15-6-7-23-27-17(3)19(26(30)29(23)11-15)8-9-28-12-18-14-33-25-20(21(18)13-28)10-22(31-4)16(2)24(25)32-5;5-3(6)1-2-4(7)8/h6-7,10-11,18,21H,8-9,12-14H2,1-5H3;1-2H,(H,5,6)(H,7,8)/b;2-1+/t18-,21-;/m0./s1. The van der Waals surface area contributed by atoms with Crippen LogP contribution in [0.3, 0.4) is 0 Å². The van der Waals surface area contributed by atoms with Crippen LogP contribution < -0.4 is 19.8 Å². The topological polar surface area (TPSA) is 140 Å². The summed E-state index contributed by atoms with van der Waals surface area (Å²) in [5.74, 6) is 0.699. The lowest BCUT2D eigenvalue weighted by atomic mass is 9.86. The summed E-state index contributed by atoms with van der Waals surface area (Å²) in [4.78, 5) is 39.4. The van der Waals surface area contributed by atoms with E-state index in [9.17, 15) is 14.4 Å². The van der Waals surface area contributed by atoms with E-state index in [1.807, 2.05) is 39.1 Å². The zero-order chi connectivity index (χ0) is 29.8. The summed E-state index contributed by atoms with van der Waals surface area (Å²) >= 11 is 0. The van der Waals surface area contributed by atoms with E-state index in [0.29, 0.717) is 42.7 Å². The van der Waals surface area contributed by atoms with Gasteiger partial charge in [-0.05, 0) is 44.9 Å². The predicted molar refractivity (Wildman–Crippen MR) is 152 cm³/mol. The van der Waals surface area contributed by atoms with Crippen LogP contribution in [-0.2, 0) is 16.0 Å². The molecule has 218 valence electrons. The number of fused-ring (bicyclic) bond motifs is 4. The van der Waals surface area contributed by atoms with Crippen molar-refractivity contribution in [1.29, 1.82) is 0 Å². The lowest BCUT2D eigenvalue weighted by Crippen LogP contribution is -2.29. The average Bonchev–Trinajstić information content (AvgIpc) is 3.36. The van der Waals surface area contributed by atoms with Crippen LogP contribution in [0.15, 0.2) is 41.3 Å². The summed E-state index contributed by atoms with van der Waals surface area (Å²) < 4.78 is 19.1. The molecule has 2 atom stereocenters. The lowest BCUT2D eigenvalue weighted by molar-refractivity contribution is -0.134. The summed E-state index contributed by atoms with van der Waals surface area (Å²) in [5, 5.41) is 15.6. The number of carbonyl (C=O) groups is 2. The first-order valence-electron chi connectivity index (χ1n) is 13.3. The second kappa shape index (κ2) is 12.4. The largest absolute Gasteiger partial charge is 0.496 e. The Morgan fingerprint density at radius 1 is 1.10 bits per heavy atom.